The first-order valence-corrected chi connectivity index (χ1v) is 7.17. The second-order valence-electron chi connectivity index (χ2n) is 5.51. The molecular weight excluding hydrogens is 256 g/mol. The highest BCUT2D eigenvalue weighted by molar-refractivity contribution is 5.92. The molecule has 5 heteroatoms. The molecular formula is C15H20N2O3. The van der Waals surface area contributed by atoms with Gasteiger partial charge in [-0.05, 0) is 50.3 Å². The van der Waals surface area contributed by atoms with Gasteiger partial charge in [-0.3, -0.25) is 4.79 Å². The van der Waals surface area contributed by atoms with Crippen LogP contribution in [0.5, 0.6) is 11.5 Å². The van der Waals surface area contributed by atoms with Crippen molar-refractivity contribution in [3.05, 3.63) is 18.2 Å². The second kappa shape index (κ2) is 5.71. The molecule has 1 aliphatic carbocycles. The Hall–Kier alpha value is -1.75. The van der Waals surface area contributed by atoms with Crippen LogP contribution >= 0.6 is 0 Å². The van der Waals surface area contributed by atoms with E-state index in [9.17, 15) is 4.79 Å². The van der Waals surface area contributed by atoms with Crippen molar-refractivity contribution in [1.29, 1.82) is 0 Å². The van der Waals surface area contributed by atoms with E-state index in [0.29, 0.717) is 11.7 Å². The number of rotatable bonds is 3. The molecule has 2 aliphatic rings. The van der Waals surface area contributed by atoms with Gasteiger partial charge in [-0.25, -0.2) is 0 Å². The Morgan fingerprint density at radius 1 is 1.20 bits per heavy atom. The molecule has 1 aromatic rings. The number of nitrogens with two attached hydrogens (primary N) is 1. The molecule has 0 radical (unpaired) electrons. The van der Waals surface area contributed by atoms with Crippen molar-refractivity contribution in [3.63, 3.8) is 0 Å². The van der Waals surface area contributed by atoms with Crippen molar-refractivity contribution in [2.24, 2.45) is 17.6 Å². The Labute approximate surface area is 118 Å². The molecule has 0 bridgehead atoms. The van der Waals surface area contributed by atoms with E-state index in [1.165, 1.54) is 0 Å². The predicted octanol–water partition coefficient (Wildman–Crippen LogP) is 2.12. The maximum Gasteiger partial charge on any atom is 0.231 e. The SMILES string of the molecule is NCC1CCC(C(=O)Nc2ccc3c(c2)OCO3)CC1. The van der Waals surface area contributed by atoms with Gasteiger partial charge in [-0.1, -0.05) is 0 Å². The van der Waals surface area contributed by atoms with Crippen LogP contribution in [-0.4, -0.2) is 19.2 Å². The lowest BCUT2D eigenvalue weighted by atomic mass is 9.81. The number of hydrogen-bond acceptors (Lipinski definition) is 4. The van der Waals surface area contributed by atoms with Crippen LogP contribution in [0, 0.1) is 11.8 Å². The number of anilines is 1. The molecule has 1 fully saturated rings. The molecule has 0 aromatic heterocycles. The summed E-state index contributed by atoms with van der Waals surface area (Å²) in [5, 5.41) is 2.97. The van der Waals surface area contributed by atoms with Crippen LogP contribution in [0.1, 0.15) is 25.7 Å². The lowest BCUT2D eigenvalue weighted by Crippen LogP contribution is -2.29. The molecule has 1 aromatic carbocycles. The van der Waals surface area contributed by atoms with Gasteiger partial charge in [0.1, 0.15) is 0 Å². The fraction of sp³-hybridized carbons (Fsp3) is 0.533. The van der Waals surface area contributed by atoms with E-state index in [2.05, 4.69) is 5.32 Å². The first-order valence-electron chi connectivity index (χ1n) is 7.17. The summed E-state index contributed by atoms with van der Waals surface area (Å²) < 4.78 is 10.6. The van der Waals surface area contributed by atoms with E-state index in [1.54, 1.807) is 0 Å². The largest absolute Gasteiger partial charge is 0.454 e. The first-order chi connectivity index (χ1) is 9.76. The number of hydrogen-bond donors (Lipinski definition) is 2. The molecule has 3 rings (SSSR count). The summed E-state index contributed by atoms with van der Waals surface area (Å²) in [5.74, 6) is 2.20. The molecule has 1 amide bonds. The lowest BCUT2D eigenvalue weighted by molar-refractivity contribution is -0.121. The van der Waals surface area contributed by atoms with Crippen LogP contribution in [0.2, 0.25) is 0 Å². The van der Waals surface area contributed by atoms with Crippen molar-refractivity contribution >= 4 is 11.6 Å². The molecule has 1 saturated carbocycles. The third kappa shape index (κ3) is 2.72. The van der Waals surface area contributed by atoms with Crippen LogP contribution in [0.15, 0.2) is 18.2 Å². The molecule has 20 heavy (non-hydrogen) atoms. The fourth-order valence-corrected chi connectivity index (χ4v) is 2.88. The van der Waals surface area contributed by atoms with Crippen LogP contribution in [-0.2, 0) is 4.79 Å². The highest BCUT2D eigenvalue weighted by atomic mass is 16.7. The summed E-state index contributed by atoms with van der Waals surface area (Å²) >= 11 is 0. The fourth-order valence-electron chi connectivity index (χ4n) is 2.88. The molecule has 1 aliphatic heterocycles. The van der Waals surface area contributed by atoms with Gasteiger partial charge in [0.2, 0.25) is 12.7 Å². The average Bonchev–Trinajstić information content (AvgIpc) is 2.95. The van der Waals surface area contributed by atoms with Crippen LogP contribution in [0.25, 0.3) is 0 Å². The van der Waals surface area contributed by atoms with Gasteiger partial charge in [0.05, 0.1) is 0 Å². The average molecular weight is 276 g/mol. The lowest BCUT2D eigenvalue weighted by Gasteiger charge is -2.26. The molecule has 0 saturated heterocycles. The number of nitrogens with one attached hydrogen (secondary N) is 1. The van der Waals surface area contributed by atoms with Crippen molar-refractivity contribution in [1.82, 2.24) is 0 Å². The van der Waals surface area contributed by atoms with Crippen LogP contribution in [0.4, 0.5) is 5.69 Å². The summed E-state index contributed by atoms with van der Waals surface area (Å²) in [7, 11) is 0. The second-order valence-corrected chi connectivity index (χ2v) is 5.51. The van der Waals surface area contributed by atoms with E-state index in [-0.39, 0.29) is 18.6 Å². The van der Waals surface area contributed by atoms with Crippen LogP contribution in [0.3, 0.4) is 0 Å². The third-order valence-electron chi connectivity index (χ3n) is 4.19. The van der Waals surface area contributed by atoms with E-state index in [0.717, 1.165) is 43.7 Å². The van der Waals surface area contributed by atoms with Crippen LogP contribution < -0.4 is 20.5 Å². The Morgan fingerprint density at radius 3 is 2.70 bits per heavy atom. The number of carbonyl (C=O) groups is 1. The van der Waals surface area contributed by atoms with Gasteiger partial charge in [0.15, 0.2) is 11.5 Å². The Balaban J connectivity index is 1.59. The quantitative estimate of drug-likeness (QED) is 0.887. The summed E-state index contributed by atoms with van der Waals surface area (Å²) in [5.41, 5.74) is 6.44. The van der Waals surface area contributed by atoms with Crippen molar-refractivity contribution in [3.8, 4) is 11.5 Å². The van der Waals surface area contributed by atoms with E-state index < -0.39 is 0 Å². The summed E-state index contributed by atoms with van der Waals surface area (Å²) in [4.78, 5) is 12.2. The zero-order chi connectivity index (χ0) is 13.9. The van der Waals surface area contributed by atoms with Crippen molar-refractivity contribution in [2.75, 3.05) is 18.7 Å². The normalized spacial score (nSPS) is 24.4. The smallest absolute Gasteiger partial charge is 0.231 e. The number of amides is 1. The number of carbonyl (C=O) groups excluding carboxylic acids is 1. The summed E-state index contributed by atoms with van der Waals surface area (Å²) in [6.07, 6.45) is 3.96. The number of fused-ring (bicyclic) bond motifs is 1. The van der Waals surface area contributed by atoms with Gasteiger partial charge < -0.3 is 20.5 Å². The molecule has 108 valence electrons. The Kier molecular flexibility index (Phi) is 3.78. The van der Waals surface area contributed by atoms with Crippen molar-refractivity contribution in [2.45, 2.75) is 25.7 Å². The van der Waals surface area contributed by atoms with Gasteiger partial charge >= 0.3 is 0 Å². The number of ether oxygens (including phenoxy) is 2. The summed E-state index contributed by atoms with van der Waals surface area (Å²) in [6, 6.07) is 5.48. The standard InChI is InChI=1S/C15H20N2O3/c16-8-10-1-3-11(4-2-10)15(18)17-12-5-6-13-14(7-12)20-9-19-13/h5-7,10-11H,1-4,8-9,16H2,(H,17,18). The predicted molar refractivity (Wildman–Crippen MR) is 75.7 cm³/mol. The zero-order valence-electron chi connectivity index (χ0n) is 11.4. The zero-order valence-corrected chi connectivity index (χ0v) is 11.4. The van der Waals surface area contributed by atoms with Crippen molar-refractivity contribution < 1.29 is 14.3 Å². The molecule has 5 nitrogen and oxygen atoms in total. The van der Waals surface area contributed by atoms with Gasteiger partial charge in [-0.2, -0.15) is 0 Å². The van der Waals surface area contributed by atoms with E-state index in [1.807, 2.05) is 18.2 Å². The maximum atomic E-state index is 12.2. The monoisotopic (exact) mass is 276 g/mol. The summed E-state index contributed by atoms with van der Waals surface area (Å²) in [6.45, 7) is 0.979. The Bertz CT molecular complexity index is 496. The minimum Gasteiger partial charge on any atom is -0.454 e. The minimum atomic E-state index is 0.0966. The van der Waals surface area contributed by atoms with Gasteiger partial charge in [0, 0.05) is 17.7 Å². The first kappa shape index (κ1) is 13.2. The molecule has 0 unspecified atom stereocenters. The molecule has 0 spiro atoms. The third-order valence-corrected chi connectivity index (χ3v) is 4.19. The topological polar surface area (TPSA) is 73.6 Å². The molecule has 1 heterocycles. The highest BCUT2D eigenvalue weighted by Crippen LogP contribution is 2.35. The maximum absolute atomic E-state index is 12.2. The van der Waals surface area contributed by atoms with E-state index >= 15 is 0 Å². The van der Waals surface area contributed by atoms with E-state index in [4.69, 9.17) is 15.2 Å². The molecule has 3 N–H and O–H groups in total. The Morgan fingerprint density at radius 2 is 1.95 bits per heavy atom. The number of benzene rings is 1. The highest BCUT2D eigenvalue weighted by Gasteiger charge is 2.26. The molecule has 0 atom stereocenters. The van der Waals surface area contributed by atoms with Gasteiger partial charge in [-0.15, -0.1) is 0 Å². The minimum absolute atomic E-state index is 0.0966. The van der Waals surface area contributed by atoms with Gasteiger partial charge in [0.25, 0.3) is 0 Å².